The van der Waals surface area contributed by atoms with Gasteiger partial charge in [-0.25, -0.2) is 0 Å². The number of hydrogen-bond acceptors (Lipinski definition) is 5. The molecule has 2 N–H and O–H groups in total. The lowest BCUT2D eigenvalue weighted by Crippen LogP contribution is -2.18. The molecule has 2 rings (SSSR count). The van der Waals surface area contributed by atoms with E-state index in [2.05, 4.69) is 15.2 Å². The van der Waals surface area contributed by atoms with Crippen molar-refractivity contribution in [3.8, 4) is 11.5 Å². The van der Waals surface area contributed by atoms with Gasteiger partial charge in [-0.15, -0.1) is 0 Å². The minimum Gasteiger partial charge on any atom is -0.334 e. The van der Waals surface area contributed by atoms with Crippen LogP contribution in [0.15, 0.2) is 10.7 Å². The molecule has 0 aromatic carbocycles. The Labute approximate surface area is 99.8 Å². The van der Waals surface area contributed by atoms with E-state index < -0.39 is 0 Å². The molecule has 1 unspecified atom stereocenters. The summed E-state index contributed by atoms with van der Waals surface area (Å²) in [4.78, 5) is 4.33. The monoisotopic (exact) mass is 235 g/mol. The summed E-state index contributed by atoms with van der Waals surface area (Å²) in [5, 5.41) is 8.25. The van der Waals surface area contributed by atoms with E-state index in [9.17, 15) is 0 Å². The van der Waals surface area contributed by atoms with Gasteiger partial charge in [0.25, 0.3) is 5.89 Å². The minimum atomic E-state index is 0.0278. The molecule has 0 bridgehead atoms. The Balaban J connectivity index is 2.29. The van der Waals surface area contributed by atoms with Crippen LogP contribution in [0.4, 0.5) is 0 Å². The van der Waals surface area contributed by atoms with Crippen LogP contribution in [0.2, 0.25) is 0 Å². The third kappa shape index (κ3) is 2.52. The second-order valence-electron chi connectivity index (χ2n) is 4.21. The molecule has 0 fully saturated rings. The van der Waals surface area contributed by atoms with Crippen molar-refractivity contribution < 1.29 is 4.52 Å². The Kier molecular flexibility index (Phi) is 3.23. The average molecular weight is 235 g/mol. The molecule has 0 amide bonds. The molecule has 2 aromatic heterocycles. The van der Waals surface area contributed by atoms with Gasteiger partial charge in [-0.3, -0.25) is 4.68 Å². The van der Waals surface area contributed by atoms with Gasteiger partial charge in [0.15, 0.2) is 5.82 Å². The molecule has 0 aliphatic carbocycles. The Morgan fingerprint density at radius 1 is 1.53 bits per heavy atom. The first-order chi connectivity index (χ1) is 8.10. The second-order valence-corrected chi connectivity index (χ2v) is 4.21. The molecule has 0 aliphatic rings. The molecule has 17 heavy (non-hydrogen) atoms. The van der Waals surface area contributed by atoms with Gasteiger partial charge in [0.1, 0.15) is 0 Å². The quantitative estimate of drug-likeness (QED) is 0.852. The summed E-state index contributed by atoms with van der Waals surface area (Å²) in [5.74, 6) is 1.16. The van der Waals surface area contributed by atoms with E-state index in [0.29, 0.717) is 18.1 Å². The van der Waals surface area contributed by atoms with E-state index in [1.807, 2.05) is 27.1 Å². The van der Waals surface area contributed by atoms with E-state index in [4.69, 9.17) is 10.3 Å². The van der Waals surface area contributed by atoms with Crippen LogP contribution in [0.25, 0.3) is 11.5 Å². The molecule has 0 radical (unpaired) electrons. The van der Waals surface area contributed by atoms with Crippen molar-refractivity contribution in [3.05, 3.63) is 17.7 Å². The molecule has 2 aromatic rings. The van der Waals surface area contributed by atoms with Crippen LogP contribution >= 0.6 is 0 Å². The highest BCUT2D eigenvalue weighted by Crippen LogP contribution is 2.21. The van der Waals surface area contributed by atoms with Crippen molar-refractivity contribution in [3.63, 3.8) is 0 Å². The summed E-state index contributed by atoms with van der Waals surface area (Å²) >= 11 is 0. The zero-order valence-electron chi connectivity index (χ0n) is 10.3. The molecule has 0 aliphatic heterocycles. The van der Waals surface area contributed by atoms with Crippen molar-refractivity contribution in [1.82, 2.24) is 19.9 Å². The van der Waals surface area contributed by atoms with Crippen LogP contribution in [0.1, 0.15) is 25.4 Å². The second kappa shape index (κ2) is 4.67. The van der Waals surface area contributed by atoms with Gasteiger partial charge < -0.3 is 10.3 Å². The van der Waals surface area contributed by atoms with E-state index >= 15 is 0 Å². The third-order valence-electron chi connectivity index (χ3n) is 2.44. The predicted molar refractivity (Wildman–Crippen MR) is 63.2 cm³/mol. The lowest BCUT2D eigenvalue weighted by atomic mass is 10.2. The zero-order valence-corrected chi connectivity index (χ0v) is 10.3. The molecule has 0 spiro atoms. The van der Waals surface area contributed by atoms with E-state index in [0.717, 1.165) is 17.7 Å². The average Bonchev–Trinajstić information content (AvgIpc) is 2.83. The number of hydrogen-bond donors (Lipinski definition) is 1. The summed E-state index contributed by atoms with van der Waals surface area (Å²) in [5.41, 5.74) is 7.56. The fourth-order valence-electron chi connectivity index (χ4n) is 1.71. The summed E-state index contributed by atoms with van der Waals surface area (Å²) in [6, 6.07) is 0.0278. The fraction of sp³-hybridized carbons (Fsp3) is 0.545. The fourth-order valence-corrected chi connectivity index (χ4v) is 1.71. The molecule has 6 heteroatoms. The third-order valence-corrected chi connectivity index (χ3v) is 2.44. The molecular weight excluding hydrogens is 218 g/mol. The van der Waals surface area contributed by atoms with Crippen molar-refractivity contribution in [1.29, 1.82) is 0 Å². The molecule has 6 nitrogen and oxygen atoms in total. The SMILES string of the molecule is CCc1nn(C)cc1-c1nc(CC(C)N)no1. The van der Waals surface area contributed by atoms with Crippen LogP contribution in [-0.4, -0.2) is 26.0 Å². The normalized spacial score (nSPS) is 12.9. The number of rotatable bonds is 4. The predicted octanol–water partition coefficient (Wildman–Crippen LogP) is 0.922. The number of aromatic nitrogens is 4. The van der Waals surface area contributed by atoms with Gasteiger partial charge in [0, 0.05) is 25.7 Å². The number of aryl methyl sites for hydroxylation is 2. The first-order valence-corrected chi connectivity index (χ1v) is 5.71. The first-order valence-electron chi connectivity index (χ1n) is 5.71. The highest BCUT2D eigenvalue weighted by Gasteiger charge is 2.15. The Morgan fingerprint density at radius 2 is 2.29 bits per heavy atom. The van der Waals surface area contributed by atoms with Crippen molar-refractivity contribution in [2.45, 2.75) is 32.7 Å². The number of nitrogens with zero attached hydrogens (tertiary/aromatic N) is 4. The van der Waals surface area contributed by atoms with E-state index in [-0.39, 0.29) is 6.04 Å². The van der Waals surface area contributed by atoms with Gasteiger partial charge in [-0.1, -0.05) is 12.1 Å². The number of nitrogens with two attached hydrogens (primary N) is 1. The summed E-state index contributed by atoms with van der Waals surface area (Å²) in [6.45, 7) is 3.96. The maximum absolute atomic E-state index is 5.69. The van der Waals surface area contributed by atoms with E-state index in [1.54, 1.807) is 4.68 Å². The minimum absolute atomic E-state index is 0.0278. The molecule has 92 valence electrons. The van der Waals surface area contributed by atoms with Gasteiger partial charge >= 0.3 is 0 Å². The van der Waals surface area contributed by atoms with Gasteiger partial charge in [-0.2, -0.15) is 10.1 Å². The molecule has 2 heterocycles. The molecule has 0 saturated carbocycles. The summed E-state index contributed by atoms with van der Waals surface area (Å²) in [6.07, 6.45) is 3.34. The lowest BCUT2D eigenvalue weighted by Gasteiger charge is -1.96. The Morgan fingerprint density at radius 3 is 2.94 bits per heavy atom. The van der Waals surface area contributed by atoms with Crippen molar-refractivity contribution in [2.75, 3.05) is 0 Å². The summed E-state index contributed by atoms with van der Waals surface area (Å²) < 4.78 is 6.99. The first kappa shape index (κ1) is 11.8. The van der Waals surface area contributed by atoms with Crippen LogP contribution in [0.3, 0.4) is 0 Å². The van der Waals surface area contributed by atoms with Gasteiger partial charge in [-0.05, 0) is 13.3 Å². The zero-order chi connectivity index (χ0) is 12.4. The summed E-state index contributed by atoms with van der Waals surface area (Å²) in [7, 11) is 1.88. The van der Waals surface area contributed by atoms with E-state index in [1.165, 1.54) is 0 Å². The van der Waals surface area contributed by atoms with Crippen LogP contribution < -0.4 is 5.73 Å². The topological polar surface area (TPSA) is 82.8 Å². The molecule has 0 saturated heterocycles. The van der Waals surface area contributed by atoms with Gasteiger partial charge in [0.2, 0.25) is 0 Å². The van der Waals surface area contributed by atoms with Crippen LogP contribution in [0, 0.1) is 0 Å². The highest BCUT2D eigenvalue weighted by molar-refractivity contribution is 5.55. The standard InChI is InChI=1S/C11H17N5O/c1-4-9-8(6-16(3)14-9)11-13-10(15-17-11)5-7(2)12/h6-7H,4-5,12H2,1-3H3. The largest absolute Gasteiger partial charge is 0.334 e. The lowest BCUT2D eigenvalue weighted by molar-refractivity contribution is 0.420. The Bertz CT molecular complexity index is 500. The molecular formula is C11H17N5O. The van der Waals surface area contributed by atoms with Crippen LogP contribution in [-0.2, 0) is 19.9 Å². The smallest absolute Gasteiger partial charge is 0.261 e. The van der Waals surface area contributed by atoms with Crippen LogP contribution in [0.5, 0.6) is 0 Å². The Hall–Kier alpha value is -1.69. The maximum atomic E-state index is 5.69. The molecule has 1 atom stereocenters. The van der Waals surface area contributed by atoms with Crippen molar-refractivity contribution in [2.24, 2.45) is 12.8 Å². The van der Waals surface area contributed by atoms with Gasteiger partial charge in [0.05, 0.1) is 11.3 Å². The van der Waals surface area contributed by atoms with Crippen molar-refractivity contribution >= 4 is 0 Å². The highest BCUT2D eigenvalue weighted by atomic mass is 16.5. The maximum Gasteiger partial charge on any atom is 0.261 e.